The number of aliphatic imine (C=N–C) groups is 1. The molecule has 3 nitrogen and oxygen atoms in total. The molecule has 18 heavy (non-hydrogen) atoms. The Hall–Kier alpha value is -1.03. The fourth-order valence-corrected chi connectivity index (χ4v) is 3.39. The van der Waals surface area contributed by atoms with Crippen LogP contribution in [0.4, 0.5) is 0 Å². The lowest BCUT2D eigenvalue weighted by atomic mass is 10.1. The van der Waals surface area contributed by atoms with Gasteiger partial charge in [-0.3, -0.25) is 9.98 Å². The summed E-state index contributed by atoms with van der Waals surface area (Å²) in [4.78, 5) is 8.73. The topological polar surface area (TPSA) is 37.3 Å². The molecule has 1 N–H and O–H groups in total. The van der Waals surface area contributed by atoms with Crippen LogP contribution in [0.25, 0.3) is 0 Å². The zero-order chi connectivity index (χ0) is 13.0. The van der Waals surface area contributed by atoms with Crippen LogP contribution >= 0.6 is 11.8 Å². The first-order valence-corrected chi connectivity index (χ1v) is 7.40. The quantitative estimate of drug-likeness (QED) is 0.906. The highest BCUT2D eigenvalue weighted by atomic mass is 32.2. The molecule has 1 aromatic rings. The molecule has 2 rings (SSSR count). The van der Waals surface area contributed by atoms with Crippen molar-refractivity contribution in [3.63, 3.8) is 0 Å². The Bertz CT molecular complexity index is 403. The number of hydrogen-bond donors (Lipinski definition) is 1. The predicted octanol–water partition coefficient (Wildman–Crippen LogP) is 3.25. The summed E-state index contributed by atoms with van der Waals surface area (Å²) in [6.45, 7) is 7.63. The van der Waals surface area contributed by atoms with Gasteiger partial charge in [0, 0.05) is 17.6 Å². The van der Waals surface area contributed by atoms with Gasteiger partial charge in [0.25, 0.3) is 0 Å². The Balaban J connectivity index is 1.85. The second kappa shape index (κ2) is 6.23. The Morgan fingerprint density at radius 3 is 2.94 bits per heavy atom. The summed E-state index contributed by atoms with van der Waals surface area (Å²) in [7, 11) is 0. The molecular weight excluding hydrogens is 242 g/mol. The summed E-state index contributed by atoms with van der Waals surface area (Å²) in [5.41, 5.74) is 1.20. The highest BCUT2D eigenvalue weighted by molar-refractivity contribution is 8.14. The van der Waals surface area contributed by atoms with Crippen molar-refractivity contribution in [1.82, 2.24) is 10.3 Å². The number of aromatic nitrogens is 1. The van der Waals surface area contributed by atoms with Gasteiger partial charge in [0.05, 0.1) is 12.6 Å². The smallest absolute Gasteiger partial charge is 0.157 e. The minimum absolute atomic E-state index is 0.266. The lowest BCUT2D eigenvalue weighted by Gasteiger charge is -2.15. The number of thioether (sulfide) groups is 1. The minimum Gasteiger partial charge on any atom is -0.358 e. The van der Waals surface area contributed by atoms with E-state index < -0.39 is 0 Å². The molecule has 0 fully saturated rings. The van der Waals surface area contributed by atoms with E-state index in [2.05, 4.69) is 42.1 Å². The lowest BCUT2D eigenvalue weighted by molar-refractivity contribution is 0.575. The molecule has 1 aliphatic rings. The summed E-state index contributed by atoms with van der Waals surface area (Å²) in [6, 6.07) is 4.33. The van der Waals surface area contributed by atoms with Crippen LogP contribution in [-0.4, -0.2) is 21.9 Å². The van der Waals surface area contributed by atoms with Crippen LogP contribution in [0, 0.1) is 5.92 Å². The average Bonchev–Trinajstić information content (AvgIpc) is 2.76. The molecule has 2 heterocycles. The number of nitrogens with zero attached hydrogens (tertiary/aromatic N) is 2. The maximum atomic E-state index is 4.58. The zero-order valence-corrected chi connectivity index (χ0v) is 12.1. The van der Waals surface area contributed by atoms with Crippen LogP contribution in [-0.2, 0) is 0 Å². The van der Waals surface area contributed by atoms with Gasteiger partial charge in [-0.05, 0) is 30.9 Å². The van der Waals surface area contributed by atoms with Crippen molar-refractivity contribution in [2.75, 3.05) is 6.54 Å². The second-order valence-electron chi connectivity index (χ2n) is 5.17. The monoisotopic (exact) mass is 263 g/mol. The Morgan fingerprint density at radius 2 is 2.28 bits per heavy atom. The number of amidine groups is 1. The van der Waals surface area contributed by atoms with Gasteiger partial charge in [-0.1, -0.05) is 31.7 Å². The summed E-state index contributed by atoms with van der Waals surface area (Å²) in [5, 5.41) is 5.20. The zero-order valence-electron chi connectivity index (χ0n) is 11.3. The van der Waals surface area contributed by atoms with E-state index >= 15 is 0 Å². The van der Waals surface area contributed by atoms with E-state index in [0.717, 1.165) is 17.6 Å². The highest BCUT2D eigenvalue weighted by Crippen LogP contribution is 2.26. The van der Waals surface area contributed by atoms with Gasteiger partial charge in [-0.25, -0.2) is 0 Å². The van der Waals surface area contributed by atoms with Crippen molar-refractivity contribution in [3.05, 3.63) is 30.1 Å². The van der Waals surface area contributed by atoms with Crippen LogP contribution in [0.5, 0.6) is 0 Å². The minimum atomic E-state index is 0.266. The van der Waals surface area contributed by atoms with Crippen molar-refractivity contribution >= 4 is 16.9 Å². The third-order valence-corrected chi connectivity index (χ3v) is 4.12. The maximum absolute atomic E-state index is 4.58. The van der Waals surface area contributed by atoms with E-state index in [9.17, 15) is 0 Å². The van der Waals surface area contributed by atoms with Crippen LogP contribution in [0.15, 0.2) is 29.5 Å². The van der Waals surface area contributed by atoms with Crippen LogP contribution in [0.3, 0.4) is 0 Å². The number of rotatable bonds is 4. The SMILES string of the molecule is CC(C)CC1CN=C(NC(C)c2cccnc2)S1. The van der Waals surface area contributed by atoms with E-state index in [1.165, 1.54) is 12.0 Å². The van der Waals surface area contributed by atoms with Gasteiger partial charge in [-0.2, -0.15) is 0 Å². The normalized spacial score (nSPS) is 20.9. The van der Waals surface area contributed by atoms with Crippen molar-refractivity contribution in [2.45, 2.75) is 38.5 Å². The Kier molecular flexibility index (Phi) is 4.64. The first-order valence-electron chi connectivity index (χ1n) is 6.52. The summed E-state index contributed by atoms with van der Waals surface area (Å²) >= 11 is 1.88. The highest BCUT2D eigenvalue weighted by Gasteiger charge is 2.21. The van der Waals surface area contributed by atoms with Gasteiger partial charge in [0.1, 0.15) is 0 Å². The molecule has 2 unspecified atom stereocenters. The summed E-state index contributed by atoms with van der Waals surface area (Å²) < 4.78 is 0. The summed E-state index contributed by atoms with van der Waals surface area (Å²) in [6.07, 6.45) is 4.95. The third kappa shape index (κ3) is 3.73. The number of pyridine rings is 1. The van der Waals surface area contributed by atoms with E-state index in [1.54, 1.807) is 6.20 Å². The maximum Gasteiger partial charge on any atom is 0.157 e. The van der Waals surface area contributed by atoms with Crippen molar-refractivity contribution in [3.8, 4) is 0 Å². The molecule has 0 radical (unpaired) electrons. The first kappa shape index (κ1) is 13.4. The average molecular weight is 263 g/mol. The molecule has 1 aliphatic heterocycles. The van der Waals surface area contributed by atoms with E-state index in [-0.39, 0.29) is 6.04 Å². The molecule has 0 saturated heterocycles. The standard InChI is InChI=1S/C14H21N3S/c1-10(2)7-13-9-16-14(18-13)17-11(3)12-5-4-6-15-8-12/h4-6,8,10-11,13H,7,9H2,1-3H3,(H,16,17). The molecule has 0 aromatic carbocycles. The molecule has 98 valence electrons. The Morgan fingerprint density at radius 1 is 1.44 bits per heavy atom. The molecule has 0 saturated carbocycles. The van der Waals surface area contributed by atoms with Gasteiger partial charge >= 0.3 is 0 Å². The Labute approximate surface area is 113 Å². The predicted molar refractivity (Wildman–Crippen MR) is 78.9 cm³/mol. The van der Waals surface area contributed by atoms with E-state index in [1.807, 2.05) is 24.0 Å². The second-order valence-corrected chi connectivity index (χ2v) is 6.46. The van der Waals surface area contributed by atoms with Crippen LogP contribution < -0.4 is 5.32 Å². The molecule has 4 heteroatoms. The van der Waals surface area contributed by atoms with Gasteiger partial charge in [-0.15, -0.1) is 0 Å². The fraction of sp³-hybridized carbons (Fsp3) is 0.571. The molecule has 1 aromatic heterocycles. The molecule has 0 bridgehead atoms. The van der Waals surface area contributed by atoms with Gasteiger partial charge in [0.2, 0.25) is 0 Å². The number of nitrogens with one attached hydrogen (secondary N) is 1. The first-order chi connectivity index (χ1) is 8.65. The van der Waals surface area contributed by atoms with E-state index in [0.29, 0.717) is 5.25 Å². The molecule has 2 atom stereocenters. The van der Waals surface area contributed by atoms with Crippen LogP contribution in [0.1, 0.15) is 38.8 Å². The van der Waals surface area contributed by atoms with Crippen molar-refractivity contribution < 1.29 is 0 Å². The largest absolute Gasteiger partial charge is 0.358 e. The lowest BCUT2D eigenvalue weighted by Crippen LogP contribution is -2.23. The van der Waals surface area contributed by atoms with E-state index in [4.69, 9.17) is 0 Å². The third-order valence-electron chi connectivity index (χ3n) is 2.98. The molecule has 0 aliphatic carbocycles. The van der Waals surface area contributed by atoms with Crippen molar-refractivity contribution in [2.24, 2.45) is 10.9 Å². The van der Waals surface area contributed by atoms with Gasteiger partial charge < -0.3 is 5.32 Å². The molecule has 0 spiro atoms. The van der Waals surface area contributed by atoms with Crippen LogP contribution in [0.2, 0.25) is 0 Å². The molecular formula is C14H21N3S. The van der Waals surface area contributed by atoms with Gasteiger partial charge in [0.15, 0.2) is 5.17 Å². The fourth-order valence-electron chi connectivity index (χ4n) is 2.05. The van der Waals surface area contributed by atoms with Crippen molar-refractivity contribution in [1.29, 1.82) is 0 Å². The summed E-state index contributed by atoms with van der Waals surface area (Å²) in [5.74, 6) is 0.743. The molecule has 0 amide bonds. The number of hydrogen-bond acceptors (Lipinski definition) is 4.